The first-order valence-corrected chi connectivity index (χ1v) is 10.6. The molecule has 0 spiro atoms. The highest BCUT2D eigenvalue weighted by atomic mass is 32.1. The van der Waals surface area contributed by atoms with Crippen LogP contribution in [-0.2, 0) is 13.1 Å². The fourth-order valence-electron chi connectivity index (χ4n) is 3.01. The monoisotopic (exact) mass is 469 g/mol. The molecule has 8 nitrogen and oxygen atoms in total. The minimum atomic E-state index is -0.790. The number of nitrogens with zero attached hydrogens (tertiary/aromatic N) is 3. The number of rotatable bonds is 7. The molecule has 3 aromatic heterocycles. The molecule has 168 valence electrons. The van der Waals surface area contributed by atoms with Gasteiger partial charge >= 0.3 is 0 Å². The van der Waals surface area contributed by atoms with Gasteiger partial charge in [0.2, 0.25) is 0 Å². The Kier molecular flexibility index (Phi) is 6.22. The summed E-state index contributed by atoms with van der Waals surface area (Å²) in [7, 11) is 0. The molecule has 0 unspecified atom stereocenters. The number of aromatic nitrogens is 3. The maximum atomic E-state index is 14.2. The summed E-state index contributed by atoms with van der Waals surface area (Å²) in [5.74, 6) is -2.50. The van der Waals surface area contributed by atoms with E-state index in [0.29, 0.717) is 10.4 Å². The van der Waals surface area contributed by atoms with Crippen molar-refractivity contribution in [2.45, 2.75) is 20.0 Å². The zero-order valence-electron chi connectivity index (χ0n) is 17.3. The van der Waals surface area contributed by atoms with E-state index in [1.165, 1.54) is 48.6 Å². The third-order valence-corrected chi connectivity index (χ3v) is 5.88. The van der Waals surface area contributed by atoms with Gasteiger partial charge in [-0.25, -0.2) is 18.3 Å². The summed E-state index contributed by atoms with van der Waals surface area (Å²) in [6, 6.07) is 10.2. The summed E-state index contributed by atoms with van der Waals surface area (Å²) in [4.78, 5) is 42.2. The Balaban J connectivity index is 1.54. The molecule has 0 saturated heterocycles. The molecular weight excluding hydrogens is 452 g/mol. The number of carbonyl (C=O) groups is 3. The van der Waals surface area contributed by atoms with Crippen LogP contribution in [0, 0.1) is 11.6 Å². The number of fused-ring (bicyclic) bond motifs is 1. The van der Waals surface area contributed by atoms with Crippen molar-refractivity contribution in [3.8, 4) is 0 Å². The molecule has 33 heavy (non-hydrogen) atoms. The number of halogens is 2. The summed E-state index contributed by atoms with van der Waals surface area (Å²) in [6.07, 6.45) is 0.901. The van der Waals surface area contributed by atoms with Crippen molar-refractivity contribution in [3.63, 3.8) is 0 Å². The van der Waals surface area contributed by atoms with Gasteiger partial charge < -0.3 is 10.6 Å². The average Bonchev–Trinajstić information content (AvgIpc) is 3.43. The third-order valence-electron chi connectivity index (χ3n) is 4.69. The normalized spacial score (nSPS) is 10.9. The first-order chi connectivity index (χ1) is 15.8. The van der Waals surface area contributed by atoms with Crippen molar-refractivity contribution in [1.82, 2.24) is 25.2 Å². The van der Waals surface area contributed by atoms with Gasteiger partial charge in [0.25, 0.3) is 11.8 Å². The standard InChI is InChI=1S/C22H17F2N5O3S/c1-12(30)19-7-6-15(33-19)10-26-22(32)18-8-17(28-20-16(24)11-27-29(18)20)21(31)25-9-13-2-4-14(23)5-3-13/h2-8,11H,9-10H2,1H3,(H,25,31)(H,26,32). The molecule has 4 aromatic rings. The van der Waals surface area contributed by atoms with Crippen LogP contribution in [0.5, 0.6) is 0 Å². The van der Waals surface area contributed by atoms with Crippen molar-refractivity contribution in [3.05, 3.63) is 87.0 Å². The van der Waals surface area contributed by atoms with E-state index < -0.39 is 23.4 Å². The van der Waals surface area contributed by atoms with E-state index in [2.05, 4.69) is 20.7 Å². The number of hydrogen-bond donors (Lipinski definition) is 2. The SMILES string of the molecule is CC(=O)c1ccc(CNC(=O)c2cc(C(=O)NCc3ccc(F)cc3)nc3c(F)cnn23)s1. The lowest BCUT2D eigenvalue weighted by molar-refractivity contribution is 0.0941. The molecule has 4 rings (SSSR count). The van der Waals surface area contributed by atoms with E-state index in [9.17, 15) is 23.2 Å². The van der Waals surface area contributed by atoms with Gasteiger partial charge in [-0.2, -0.15) is 5.10 Å². The largest absolute Gasteiger partial charge is 0.347 e. The predicted molar refractivity (Wildman–Crippen MR) is 116 cm³/mol. The molecule has 0 aliphatic carbocycles. The van der Waals surface area contributed by atoms with Crippen LogP contribution in [0.2, 0.25) is 0 Å². The van der Waals surface area contributed by atoms with E-state index in [4.69, 9.17) is 0 Å². The zero-order chi connectivity index (χ0) is 23.5. The summed E-state index contributed by atoms with van der Waals surface area (Å²) in [5.41, 5.74) is 0.119. The van der Waals surface area contributed by atoms with Gasteiger partial charge in [-0.3, -0.25) is 14.4 Å². The molecule has 3 heterocycles. The lowest BCUT2D eigenvalue weighted by atomic mass is 10.2. The molecule has 2 amide bonds. The number of nitrogens with one attached hydrogen (secondary N) is 2. The average molecular weight is 469 g/mol. The van der Waals surface area contributed by atoms with E-state index in [1.54, 1.807) is 12.1 Å². The molecule has 0 saturated carbocycles. The minimum absolute atomic E-state index is 0.0725. The number of carbonyl (C=O) groups excluding carboxylic acids is 3. The Bertz CT molecular complexity index is 1360. The highest BCUT2D eigenvalue weighted by Crippen LogP contribution is 2.17. The Morgan fingerprint density at radius 2 is 1.73 bits per heavy atom. The number of amides is 2. The first-order valence-electron chi connectivity index (χ1n) is 9.76. The number of Topliss-reactive ketones (excluding diaryl/α,β-unsaturated/α-hetero) is 1. The van der Waals surface area contributed by atoms with Crippen molar-refractivity contribution in [1.29, 1.82) is 0 Å². The maximum absolute atomic E-state index is 14.2. The topological polar surface area (TPSA) is 105 Å². The van der Waals surface area contributed by atoms with Gasteiger partial charge in [0.15, 0.2) is 17.2 Å². The van der Waals surface area contributed by atoms with Crippen LogP contribution in [0.15, 0.2) is 48.7 Å². The van der Waals surface area contributed by atoms with E-state index in [-0.39, 0.29) is 35.9 Å². The highest BCUT2D eigenvalue weighted by Gasteiger charge is 2.20. The number of hydrogen-bond acceptors (Lipinski definition) is 6. The molecule has 1 aromatic carbocycles. The molecule has 0 radical (unpaired) electrons. The van der Waals surface area contributed by atoms with Gasteiger partial charge in [0, 0.05) is 17.5 Å². The summed E-state index contributed by atoms with van der Waals surface area (Å²) in [6.45, 7) is 1.68. The lowest BCUT2D eigenvalue weighted by Crippen LogP contribution is -2.28. The number of thiophene rings is 1. The van der Waals surface area contributed by atoms with Gasteiger partial charge in [-0.05, 0) is 36.8 Å². The molecular formula is C22H17F2N5O3S. The Morgan fingerprint density at radius 3 is 2.42 bits per heavy atom. The quantitative estimate of drug-likeness (QED) is 0.405. The number of benzene rings is 1. The van der Waals surface area contributed by atoms with E-state index >= 15 is 0 Å². The molecule has 0 atom stereocenters. The van der Waals surface area contributed by atoms with Gasteiger partial charge in [-0.1, -0.05) is 12.1 Å². The second-order valence-electron chi connectivity index (χ2n) is 7.07. The smallest absolute Gasteiger partial charge is 0.270 e. The minimum Gasteiger partial charge on any atom is -0.347 e. The van der Waals surface area contributed by atoms with Crippen molar-refractivity contribution in [2.75, 3.05) is 0 Å². The molecule has 0 aliphatic rings. The van der Waals surface area contributed by atoms with E-state index in [0.717, 1.165) is 15.6 Å². The van der Waals surface area contributed by atoms with Gasteiger partial charge in [-0.15, -0.1) is 11.3 Å². The molecule has 2 N–H and O–H groups in total. The van der Waals surface area contributed by atoms with Crippen molar-refractivity contribution >= 4 is 34.6 Å². The summed E-state index contributed by atoms with van der Waals surface area (Å²) >= 11 is 1.25. The van der Waals surface area contributed by atoms with Gasteiger partial charge in [0.1, 0.15) is 17.2 Å². The Labute approximate surface area is 190 Å². The van der Waals surface area contributed by atoms with Crippen LogP contribution in [0.25, 0.3) is 5.65 Å². The lowest BCUT2D eigenvalue weighted by Gasteiger charge is -2.09. The fraction of sp³-hybridized carbons (Fsp3) is 0.136. The van der Waals surface area contributed by atoms with Crippen LogP contribution in [0.1, 0.15) is 48.0 Å². The van der Waals surface area contributed by atoms with Crippen LogP contribution in [0.4, 0.5) is 8.78 Å². The Morgan fingerprint density at radius 1 is 1.00 bits per heavy atom. The molecule has 0 fully saturated rings. The second-order valence-corrected chi connectivity index (χ2v) is 8.24. The predicted octanol–water partition coefficient (Wildman–Crippen LogP) is 3.13. The summed E-state index contributed by atoms with van der Waals surface area (Å²) in [5, 5.41) is 9.12. The summed E-state index contributed by atoms with van der Waals surface area (Å²) < 4.78 is 28.2. The van der Waals surface area contributed by atoms with Crippen LogP contribution < -0.4 is 10.6 Å². The molecule has 0 aliphatic heterocycles. The van der Waals surface area contributed by atoms with Crippen LogP contribution in [0.3, 0.4) is 0 Å². The van der Waals surface area contributed by atoms with Crippen LogP contribution in [-0.4, -0.2) is 32.2 Å². The first kappa shape index (κ1) is 22.2. The highest BCUT2D eigenvalue weighted by molar-refractivity contribution is 7.14. The molecule has 0 bridgehead atoms. The van der Waals surface area contributed by atoms with Crippen molar-refractivity contribution in [2.24, 2.45) is 0 Å². The fourth-order valence-corrected chi connectivity index (χ4v) is 3.85. The second kappa shape index (κ2) is 9.25. The zero-order valence-corrected chi connectivity index (χ0v) is 18.1. The van der Waals surface area contributed by atoms with Gasteiger partial charge in [0.05, 0.1) is 17.6 Å². The Hall–Kier alpha value is -3.99. The maximum Gasteiger partial charge on any atom is 0.270 e. The van der Waals surface area contributed by atoms with Crippen molar-refractivity contribution < 1.29 is 23.2 Å². The third kappa shape index (κ3) is 4.93. The van der Waals surface area contributed by atoms with E-state index in [1.807, 2.05) is 0 Å². The molecule has 11 heteroatoms. The van der Waals surface area contributed by atoms with Crippen LogP contribution >= 0.6 is 11.3 Å². The number of ketones is 1.